The molecule has 0 bridgehead atoms. The third kappa shape index (κ3) is 5.33. The van der Waals surface area contributed by atoms with Crippen LogP contribution in [0.5, 0.6) is 0 Å². The molecular formula is C23H25FN4O2S. The van der Waals surface area contributed by atoms with E-state index >= 15 is 0 Å². The number of halogens is 1. The van der Waals surface area contributed by atoms with E-state index in [0.717, 1.165) is 38.4 Å². The number of imidazole rings is 1. The molecule has 6 nitrogen and oxygen atoms in total. The molecule has 0 unspecified atom stereocenters. The maximum atomic E-state index is 13.3. The van der Waals surface area contributed by atoms with Crippen LogP contribution in [0, 0.1) is 5.82 Å². The highest BCUT2D eigenvalue weighted by atomic mass is 32.2. The van der Waals surface area contributed by atoms with Crippen molar-refractivity contribution < 1.29 is 13.9 Å². The van der Waals surface area contributed by atoms with Gasteiger partial charge in [-0.25, -0.2) is 9.37 Å². The molecule has 1 saturated heterocycles. The van der Waals surface area contributed by atoms with Crippen LogP contribution < -0.4 is 5.32 Å². The molecule has 0 saturated carbocycles. The van der Waals surface area contributed by atoms with Gasteiger partial charge in [0.15, 0.2) is 5.16 Å². The highest BCUT2D eigenvalue weighted by molar-refractivity contribution is 7.98. The molecule has 0 spiro atoms. The number of ether oxygens (including phenoxy) is 1. The summed E-state index contributed by atoms with van der Waals surface area (Å²) in [7, 11) is 0. The number of aromatic nitrogens is 2. The lowest BCUT2D eigenvalue weighted by atomic mass is 10.1. The molecular weight excluding hydrogens is 415 g/mol. The Morgan fingerprint density at radius 2 is 1.77 bits per heavy atom. The molecule has 2 aromatic carbocycles. The molecule has 1 aliphatic heterocycles. The van der Waals surface area contributed by atoms with Gasteiger partial charge in [0.2, 0.25) is 0 Å². The van der Waals surface area contributed by atoms with Gasteiger partial charge in [0.05, 0.1) is 19.4 Å². The number of rotatable bonds is 7. The van der Waals surface area contributed by atoms with Gasteiger partial charge in [0, 0.05) is 31.9 Å². The van der Waals surface area contributed by atoms with Gasteiger partial charge in [-0.2, -0.15) is 0 Å². The second-order valence-corrected chi connectivity index (χ2v) is 8.10. The third-order valence-corrected chi connectivity index (χ3v) is 5.87. The van der Waals surface area contributed by atoms with E-state index in [1.807, 2.05) is 18.4 Å². The number of nitrogens with zero attached hydrogens (tertiary/aromatic N) is 3. The molecule has 162 valence electrons. The normalized spacial score (nSPS) is 14.5. The SMILES string of the molecule is CSc1ncc(C(=O)NCc2ccc(CN3CCOCC3)cc2)n1-c1ccc(F)cc1. The van der Waals surface area contributed by atoms with Crippen LogP contribution in [0.3, 0.4) is 0 Å². The smallest absolute Gasteiger partial charge is 0.270 e. The quantitative estimate of drug-likeness (QED) is 0.570. The highest BCUT2D eigenvalue weighted by Gasteiger charge is 2.18. The van der Waals surface area contributed by atoms with E-state index in [1.165, 1.54) is 29.5 Å². The average Bonchev–Trinajstić information content (AvgIpc) is 3.24. The van der Waals surface area contributed by atoms with Crippen LogP contribution >= 0.6 is 11.8 Å². The second kappa shape index (κ2) is 10.1. The number of hydrogen-bond donors (Lipinski definition) is 1. The lowest BCUT2D eigenvalue weighted by Gasteiger charge is -2.26. The van der Waals surface area contributed by atoms with Crippen molar-refractivity contribution >= 4 is 17.7 Å². The van der Waals surface area contributed by atoms with Gasteiger partial charge in [-0.05, 0) is 41.6 Å². The lowest BCUT2D eigenvalue weighted by molar-refractivity contribution is 0.0342. The van der Waals surface area contributed by atoms with Gasteiger partial charge in [-0.3, -0.25) is 14.3 Å². The van der Waals surface area contributed by atoms with E-state index in [-0.39, 0.29) is 11.7 Å². The van der Waals surface area contributed by atoms with Gasteiger partial charge in [0.1, 0.15) is 11.5 Å². The van der Waals surface area contributed by atoms with E-state index in [0.29, 0.717) is 23.1 Å². The Hall–Kier alpha value is -2.68. The molecule has 0 aliphatic carbocycles. The molecule has 4 rings (SSSR count). The Morgan fingerprint density at radius 3 is 2.45 bits per heavy atom. The number of thioether (sulfide) groups is 1. The summed E-state index contributed by atoms with van der Waals surface area (Å²) in [5.41, 5.74) is 3.38. The van der Waals surface area contributed by atoms with E-state index in [9.17, 15) is 9.18 Å². The Labute approximate surface area is 185 Å². The Bertz CT molecular complexity index is 1020. The van der Waals surface area contributed by atoms with Crippen molar-refractivity contribution in [3.05, 3.63) is 77.4 Å². The van der Waals surface area contributed by atoms with Gasteiger partial charge in [-0.15, -0.1) is 0 Å². The molecule has 1 aliphatic rings. The van der Waals surface area contributed by atoms with Crippen molar-refractivity contribution in [3.63, 3.8) is 0 Å². The Kier molecular flexibility index (Phi) is 7.01. The topological polar surface area (TPSA) is 59.4 Å². The van der Waals surface area contributed by atoms with Gasteiger partial charge >= 0.3 is 0 Å². The largest absolute Gasteiger partial charge is 0.379 e. The summed E-state index contributed by atoms with van der Waals surface area (Å²) in [4.78, 5) is 19.6. The summed E-state index contributed by atoms with van der Waals surface area (Å²) in [6.45, 7) is 4.81. The fraction of sp³-hybridized carbons (Fsp3) is 0.304. The standard InChI is InChI=1S/C23H25FN4O2S/c1-31-23-26-15-21(28(23)20-8-6-19(24)7-9-20)22(29)25-14-17-2-4-18(5-3-17)16-27-10-12-30-13-11-27/h2-9,15H,10-14,16H2,1H3,(H,25,29). The number of carbonyl (C=O) groups is 1. The number of nitrogens with one attached hydrogen (secondary N) is 1. The summed E-state index contributed by atoms with van der Waals surface area (Å²) in [5.74, 6) is -0.549. The summed E-state index contributed by atoms with van der Waals surface area (Å²) >= 11 is 1.43. The summed E-state index contributed by atoms with van der Waals surface area (Å²) in [6, 6.07) is 14.3. The highest BCUT2D eigenvalue weighted by Crippen LogP contribution is 2.22. The second-order valence-electron chi connectivity index (χ2n) is 7.33. The maximum absolute atomic E-state index is 13.3. The molecule has 1 amide bonds. The number of carbonyl (C=O) groups excluding carboxylic acids is 1. The van der Waals surface area contributed by atoms with Crippen LogP contribution in [0.25, 0.3) is 5.69 Å². The van der Waals surface area contributed by atoms with Crippen LogP contribution in [-0.2, 0) is 17.8 Å². The zero-order valence-electron chi connectivity index (χ0n) is 17.4. The maximum Gasteiger partial charge on any atom is 0.270 e. The number of hydrogen-bond acceptors (Lipinski definition) is 5. The predicted octanol–water partition coefficient (Wildman–Crippen LogP) is 3.50. The van der Waals surface area contributed by atoms with Crippen LogP contribution in [-0.4, -0.2) is 52.9 Å². The first-order valence-electron chi connectivity index (χ1n) is 10.2. The van der Waals surface area contributed by atoms with E-state index in [1.54, 1.807) is 22.9 Å². The van der Waals surface area contributed by atoms with Gasteiger partial charge in [0.25, 0.3) is 5.91 Å². The first-order chi connectivity index (χ1) is 15.1. The summed E-state index contributed by atoms with van der Waals surface area (Å²) < 4.78 is 20.5. The minimum absolute atomic E-state index is 0.227. The molecule has 8 heteroatoms. The molecule has 0 radical (unpaired) electrons. The van der Waals surface area contributed by atoms with Crippen LogP contribution in [0.2, 0.25) is 0 Å². The van der Waals surface area contributed by atoms with E-state index in [2.05, 4.69) is 27.3 Å². The average molecular weight is 441 g/mol. The van der Waals surface area contributed by atoms with E-state index < -0.39 is 0 Å². The fourth-order valence-electron chi connectivity index (χ4n) is 3.53. The van der Waals surface area contributed by atoms with Crippen molar-refractivity contribution in [2.75, 3.05) is 32.6 Å². The summed E-state index contributed by atoms with van der Waals surface area (Å²) in [6.07, 6.45) is 3.44. The van der Waals surface area contributed by atoms with E-state index in [4.69, 9.17) is 4.74 Å². The van der Waals surface area contributed by atoms with Gasteiger partial charge in [-0.1, -0.05) is 36.0 Å². The Morgan fingerprint density at radius 1 is 1.10 bits per heavy atom. The molecule has 3 aromatic rings. The van der Waals surface area contributed by atoms with Crippen molar-refractivity contribution in [2.45, 2.75) is 18.2 Å². The van der Waals surface area contributed by atoms with Crippen molar-refractivity contribution in [2.24, 2.45) is 0 Å². The van der Waals surface area contributed by atoms with Crippen LogP contribution in [0.15, 0.2) is 59.9 Å². The molecule has 31 heavy (non-hydrogen) atoms. The van der Waals surface area contributed by atoms with Crippen LogP contribution in [0.1, 0.15) is 21.6 Å². The predicted molar refractivity (Wildman–Crippen MR) is 119 cm³/mol. The molecule has 2 heterocycles. The first kappa shape index (κ1) is 21.5. The zero-order chi connectivity index (χ0) is 21.6. The number of amides is 1. The molecule has 1 fully saturated rings. The monoisotopic (exact) mass is 440 g/mol. The van der Waals surface area contributed by atoms with Crippen molar-refractivity contribution in [1.82, 2.24) is 19.8 Å². The lowest BCUT2D eigenvalue weighted by Crippen LogP contribution is -2.35. The minimum atomic E-state index is -0.322. The molecule has 1 aromatic heterocycles. The van der Waals surface area contributed by atoms with Crippen LogP contribution in [0.4, 0.5) is 4.39 Å². The summed E-state index contributed by atoms with van der Waals surface area (Å²) in [5, 5.41) is 3.64. The number of benzene rings is 2. The first-order valence-corrected chi connectivity index (χ1v) is 11.4. The van der Waals surface area contributed by atoms with Crippen molar-refractivity contribution in [3.8, 4) is 5.69 Å². The minimum Gasteiger partial charge on any atom is -0.379 e. The molecule has 0 atom stereocenters. The third-order valence-electron chi connectivity index (χ3n) is 5.22. The molecule has 1 N–H and O–H groups in total. The fourth-order valence-corrected chi connectivity index (χ4v) is 4.08. The van der Waals surface area contributed by atoms with Gasteiger partial charge < -0.3 is 10.1 Å². The number of morpholine rings is 1. The van der Waals surface area contributed by atoms with Crippen molar-refractivity contribution in [1.29, 1.82) is 0 Å². The zero-order valence-corrected chi connectivity index (χ0v) is 18.2. The Balaban J connectivity index is 1.41.